The van der Waals surface area contributed by atoms with Gasteiger partial charge in [0.15, 0.2) is 0 Å². The molecule has 0 saturated heterocycles. The number of aryl methyl sites for hydroxylation is 1. The molecule has 2 N–H and O–H groups in total. The Hall–Kier alpha value is -1.27. The minimum Gasteiger partial charge on any atom is -0.319 e. The molecule has 0 fully saturated rings. The van der Waals surface area contributed by atoms with Gasteiger partial charge >= 0.3 is 0 Å². The number of hydrogen-bond donors (Lipinski definition) is 1. The third kappa shape index (κ3) is 1.98. The van der Waals surface area contributed by atoms with E-state index in [1.54, 1.807) is 24.0 Å². The molecule has 6 heteroatoms. The second-order valence-corrected chi connectivity index (χ2v) is 4.28. The predicted molar refractivity (Wildman–Crippen MR) is 61.1 cm³/mol. The maximum atomic E-state index is 13.1. The fraction of sp³-hybridized carbons (Fsp3) is 0.200. The highest BCUT2D eigenvalue weighted by atomic mass is 79.9. The van der Waals surface area contributed by atoms with Crippen LogP contribution in [0.15, 0.2) is 28.9 Å². The summed E-state index contributed by atoms with van der Waals surface area (Å²) in [6.07, 6.45) is 1.57. The Morgan fingerprint density at radius 3 is 2.88 bits per heavy atom. The van der Waals surface area contributed by atoms with Gasteiger partial charge in [0.05, 0.1) is 17.9 Å². The van der Waals surface area contributed by atoms with E-state index >= 15 is 0 Å². The average Bonchev–Trinajstić information content (AvgIpc) is 2.67. The summed E-state index contributed by atoms with van der Waals surface area (Å²) >= 11 is 3.34. The van der Waals surface area contributed by atoms with Crippen molar-refractivity contribution in [2.45, 2.75) is 6.04 Å². The number of aromatic nitrogens is 3. The summed E-state index contributed by atoms with van der Waals surface area (Å²) in [5, 5.41) is 7.54. The first-order chi connectivity index (χ1) is 7.59. The van der Waals surface area contributed by atoms with Crippen LogP contribution in [-0.2, 0) is 7.05 Å². The van der Waals surface area contributed by atoms with Crippen molar-refractivity contribution in [3.05, 3.63) is 45.9 Å². The zero-order valence-electron chi connectivity index (χ0n) is 8.56. The predicted octanol–water partition coefficient (Wildman–Crippen LogP) is 1.76. The van der Waals surface area contributed by atoms with Crippen molar-refractivity contribution in [1.29, 1.82) is 0 Å². The molecule has 0 aliphatic heterocycles. The number of rotatable bonds is 2. The van der Waals surface area contributed by atoms with Crippen molar-refractivity contribution in [2.75, 3.05) is 0 Å². The smallest absolute Gasteiger partial charge is 0.123 e. The molecular weight excluding hydrogens is 275 g/mol. The third-order valence-corrected chi connectivity index (χ3v) is 3.08. The fourth-order valence-corrected chi connectivity index (χ4v) is 1.98. The molecule has 1 atom stereocenters. The molecule has 0 aliphatic carbocycles. The lowest BCUT2D eigenvalue weighted by Gasteiger charge is -2.13. The van der Waals surface area contributed by atoms with Crippen LogP contribution in [0.5, 0.6) is 0 Å². The van der Waals surface area contributed by atoms with Crippen LogP contribution in [0.3, 0.4) is 0 Å². The molecule has 16 heavy (non-hydrogen) atoms. The SMILES string of the molecule is Cn1nncc1C(N)c1cc(F)ccc1Br. The van der Waals surface area contributed by atoms with Crippen LogP contribution in [0.25, 0.3) is 0 Å². The van der Waals surface area contributed by atoms with E-state index in [0.29, 0.717) is 5.56 Å². The maximum absolute atomic E-state index is 13.1. The van der Waals surface area contributed by atoms with Crippen molar-refractivity contribution in [3.63, 3.8) is 0 Å². The number of benzene rings is 1. The van der Waals surface area contributed by atoms with E-state index in [0.717, 1.165) is 10.2 Å². The summed E-state index contributed by atoms with van der Waals surface area (Å²) in [6.45, 7) is 0. The van der Waals surface area contributed by atoms with Crippen molar-refractivity contribution in [3.8, 4) is 0 Å². The molecule has 2 aromatic rings. The zero-order valence-corrected chi connectivity index (χ0v) is 10.1. The summed E-state index contributed by atoms with van der Waals surface area (Å²) in [5.74, 6) is -0.316. The standard InChI is InChI=1S/C10H10BrFN4/c1-16-9(5-14-15-16)10(13)7-4-6(12)2-3-8(7)11/h2-5,10H,13H2,1H3. The average molecular weight is 285 g/mol. The Kier molecular flexibility index (Phi) is 3.02. The lowest BCUT2D eigenvalue weighted by molar-refractivity contribution is 0.616. The van der Waals surface area contributed by atoms with E-state index in [2.05, 4.69) is 26.2 Å². The molecule has 0 bridgehead atoms. The Labute approximate surface area is 100 Å². The van der Waals surface area contributed by atoms with E-state index in [-0.39, 0.29) is 5.82 Å². The minimum atomic E-state index is -0.454. The summed E-state index contributed by atoms with van der Waals surface area (Å²) < 4.78 is 15.5. The lowest BCUT2D eigenvalue weighted by atomic mass is 10.1. The maximum Gasteiger partial charge on any atom is 0.123 e. The Balaban J connectivity index is 2.45. The molecule has 0 saturated carbocycles. The highest BCUT2D eigenvalue weighted by molar-refractivity contribution is 9.10. The highest BCUT2D eigenvalue weighted by Gasteiger charge is 2.16. The van der Waals surface area contributed by atoms with Gasteiger partial charge in [-0.1, -0.05) is 21.1 Å². The van der Waals surface area contributed by atoms with Crippen molar-refractivity contribution in [1.82, 2.24) is 15.0 Å². The minimum absolute atomic E-state index is 0.316. The molecule has 2 rings (SSSR count). The number of nitrogens with two attached hydrogens (primary N) is 1. The Bertz CT molecular complexity index is 511. The molecule has 1 aromatic carbocycles. The van der Waals surface area contributed by atoms with E-state index in [1.165, 1.54) is 12.1 Å². The second-order valence-electron chi connectivity index (χ2n) is 3.43. The topological polar surface area (TPSA) is 56.7 Å². The van der Waals surface area contributed by atoms with Crippen molar-refractivity contribution in [2.24, 2.45) is 12.8 Å². The van der Waals surface area contributed by atoms with Crippen molar-refractivity contribution >= 4 is 15.9 Å². The quantitative estimate of drug-likeness (QED) is 0.914. The van der Waals surface area contributed by atoms with Gasteiger partial charge in [-0.2, -0.15) is 0 Å². The van der Waals surface area contributed by atoms with Crippen LogP contribution < -0.4 is 5.73 Å². The van der Waals surface area contributed by atoms with Crippen LogP contribution in [-0.4, -0.2) is 15.0 Å². The number of halogens is 2. The molecule has 0 amide bonds. The van der Waals surface area contributed by atoms with Crippen LogP contribution in [0, 0.1) is 5.82 Å². The first-order valence-corrected chi connectivity index (χ1v) is 5.44. The largest absolute Gasteiger partial charge is 0.319 e. The van der Waals surface area contributed by atoms with E-state index in [1.807, 2.05) is 0 Å². The van der Waals surface area contributed by atoms with Gasteiger partial charge in [-0.05, 0) is 23.8 Å². The van der Waals surface area contributed by atoms with E-state index in [9.17, 15) is 4.39 Å². The Morgan fingerprint density at radius 1 is 1.50 bits per heavy atom. The summed E-state index contributed by atoms with van der Waals surface area (Å²) in [6, 6.07) is 3.96. The molecule has 0 spiro atoms. The lowest BCUT2D eigenvalue weighted by Crippen LogP contribution is -2.16. The summed E-state index contributed by atoms with van der Waals surface area (Å²) in [5.41, 5.74) is 7.43. The molecular formula is C10H10BrFN4. The zero-order chi connectivity index (χ0) is 11.7. The normalized spacial score (nSPS) is 12.8. The van der Waals surface area contributed by atoms with Crippen LogP contribution in [0.1, 0.15) is 17.3 Å². The molecule has 84 valence electrons. The Morgan fingerprint density at radius 2 is 2.25 bits per heavy atom. The highest BCUT2D eigenvalue weighted by Crippen LogP contribution is 2.26. The van der Waals surface area contributed by atoms with Crippen molar-refractivity contribution < 1.29 is 4.39 Å². The van der Waals surface area contributed by atoms with Gasteiger partial charge in [0.1, 0.15) is 5.82 Å². The van der Waals surface area contributed by atoms with Gasteiger partial charge in [0.25, 0.3) is 0 Å². The monoisotopic (exact) mass is 284 g/mol. The summed E-state index contributed by atoms with van der Waals surface area (Å²) in [7, 11) is 1.75. The van der Waals surface area contributed by atoms with Gasteiger partial charge in [0, 0.05) is 11.5 Å². The van der Waals surface area contributed by atoms with Gasteiger partial charge in [-0.25, -0.2) is 4.39 Å². The number of hydrogen-bond acceptors (Lipinski definition) is 3. The first kappa shape index (κ1) is 11.2. The molecule has 4 nitrogen and oxygen atoms in total. The molecule has 0 radical (unpaired) electrons. The molecule has 0 aliphatic rings. The number of nitrogens with zero attached hydrogens (tertiary/aromatic N) is 3. The fourth-order valence-electron chi connectivity index (χ4n) is 1.49. The van der Waals surface area contributed by atoms with Gasteiger partial charge < -0.3 is 5.73 Å². The third-order valence-electron chi connectivity index (χ3n) is 2.36. The molecule has 1 heterocycles. The first-order valence-electron chi connectivity index (χ1n) is 4.64. The second kappa shape index (κ2) is 4.31. The molecule has 1 aromatic heterocycles. The van der Waals surface area contributed by atoms with Gasteiger partial charge in [-0.15, -0.1) is 5.10 Å². The van der Waals surface area contributed by atoms with Gasteiger partial charge in [-0.3, -0.25) is 4.68 Å². The van der Waals surface area contributed by atoms with Crippen LogP contribution >= 0.6 is 15.9 Å². The summed E-state index contributed by atoms with van der Waals surface area (Å²) in [4.78, 5) is 0. The molecule has 1 unspecified atom stereocenters. The van der Waals surface area contributed by atoms with E-state index < -0.39 is 6.04 Å². The van der Waals surface area contributed by atoms with Crippen LogP contribution in [0.2, 0.25) is 0 Å². The van der Waals surface area contributed by atoms with E-state index in [4.69, 9.17) is 5.73 Å². The van der Waals surface area contributed by atoms with Gasteiger partial charge in [0.2, 0.25) is 0 Å². The van der Waals surface area contributed by atoms with Crippen LogP contribution in [0.4, 0.5) is 4.39 Å².